The van der Waals surface area contributed by atoms with Crippen molar-refractivity contribution in [3.63, 3.8) is 0 Å². The summed E-state index contributed by atoms with van der Waals surface area (Å²) in [6.07, 6.45) is 11.3. The highest BCUT2D eigenvalue weighted by atomic mass is 15.0. The molecule has 1 aliphatic carbocycles. The van der Waals surface area contributed by atoms with Crippen LogP contribution >= 0.6 is 0 Å². The molecule has 0 aromatic heterocycles. The maximum absolute atomic E-state index is 2.30. The van der Waals surface area contributed by atoms with E-state index in [2.05, 4.69) is 45.1 Å². The van der Waals surface area contributed by atoms with Crippen molar-refractivity contribution in [2.45, 2.75) is 46.0 Å². The van der Waals surface area contributed by atoms with Gasteiger partial charge in [0.25, 0.3) is 0 Å². The van der Waals surface area contributed by atoms with Gasteiger partial charge >= 0.3 is 0 Å². The van der Waals surface area contributed by atoms with Crippen LogP contribution in [0.5, 0.6) is 0 Å². The van der Waals surface area contributed by atoms with Crippen LogP contribution in [0.15, 0.2) is 23.4 Å². The van der Waals surface area contributed by atoms with E-state index in [1.54, 1.807) is 11.1 Å². The summed E-state index contributed by atoms with van der Waals surface area (Å²) in [6.45, 7) is 4.52. The van der Waals surface area contributed by atoms with Crippen LogP contribution in [-0.4, -0.2) is 19.0 Å². The standard InChI is InChI=1S/C14H25N/c1-5-12(2)14(9-10-15(3)4)11-13-7-6-8-13/h9-10,13H,5-8,11H2,1-4H3/b10-9-,14-12+. The molecule has 0 saturated heterocycles. The van der Waals surface area contributed by atoms with Crippen molar-refractivity contribution in [1.82, 2.24) is 4.90 Å². The molecule has 0 aromatic rings. The molecule has 15 heavy (non-hydrogen) atoms. The van der Waals surface area contributed by atoms with Crippen molar-refractivity contribution >= 4 is 0 Å². The summed E-state index contributed by atoms with van der Waals surface area (Å²) in [5, 5.41) is 0. The molecule has 1 aliphatic rings. The van der Waals surface area contributed by atoms with Gasteiger partial charge in [0.1, 0.15) is 0 Å². The summed E-state index contributed by atoms with van der Waals surface area (Å²) < 4.78 is 0. The molecule has 0 amide bonds. The van der Waals surface area contributed by atoms with Gasteiger partial charge in [-0.15, -0.1) is 0 Å². The number of hydrogen-bond donors (Lipinski definition) is 0. The summed E-state index contributed by atoms with van der Waals surface area (Å²) >= 11 is 0. The largest absolute Gasteiger partial charge is 0.383 e. The fourth-order valence-corrected chi connectivity index (χ4v) is 1.86. The minimum absolute atomic E-state index is 0.966. The van der Waals surface area contributed by atoms with Crippen molar-refractivity contribution in [1.29, 1.82) is 0 Å². The van der Waals surface area contributed by atoms with Crippen LogP contribution in [0.4, 0.5) is 0 Å². The van der Waals surface area contributed by atoms with Gasteiger partial charge < -0.3 is 4.90 Å². The van der Waals surface area contributed by atoms with Crippen LogP contribution in [0.25, 0.3) is 0 Å². The van der Waals surface area contributed by atoms with Crippen LogP contribution in [0.3, 0.4) is 0 Å². The summed E-state index contributed by atoms with van der Waals surface area (Å²) in [5.74, 6) is 0.966. The third-order valence-electron chi connectivity index (χ3n) is 3.39. The van der Waals surface area contributed by atoms with E-state index in [4.69, 9.17) is 0 Å². The molecule has 1 nitrogen and oxygen atoms in total. The first kappa shape index (κ1) is 12.4. The van der Waals surface area contributed by atoms with Crippen molar-refractivity contribution in [3.05, 3.63) is 23.4 Å². The van der Waals surface area contributed by atoms with Crippen LogP contribution < -0.4 is 0 Å². The second kappa shape index (κ2) is 5.99. The zero-order chi connectivity index (χ0) is 11.3. The Labute approximate surface area is 94.9 Å². The molecule has 0 spiro atoms. The van der Waals surface area contributed by atoms with Crippen molar-refractivity contribution < 1.29 is 0 Å². The van der Waals surface area contributed by atoms with Gasteiger partial charge in [-0.25, -0.2) is 0 Å². The van der Waals surface area contributed by atoms with Gasteiger partial charge in [-0.3, -0.25) is 0 Å². The molecular weight excluding hydrogens is 182 g/mol. The molecule has 0 atom stereocenters. The molecule has 0 aliphatic heterocycles. The summed E-state index contributed by atoms with van der Waals surface area (Å²) in [7, 11) is 4.16. The maximum atomic E-state index is 2.30. The highest BCUT2D eigenvalue weighted by molar-refractivity contribution is 5.25. The molecule has 1 heteroatoms. The van der Waals surface area contributed by atoms with E-state index in [0.29, 0.717) is 0 Å². The first-order valence-corrected chi connectivity index (χ1v) is 6.16. The van der Waals surface area contributed by atoms with Crippen molar-refractivity contribution in [2.24, 2.45) is 5.92 Å². The third-order valence-corrected chi connectivity index (χ3v) is 3.39. The van der Waals surface area contributed by atoms with Crippen LogP contribution in [-0.2, 0) is 0 Å². The van der Waals surface area contributed by atoms with Gasteiger partial charge in [0.2, 0.25) is 0 Å². The van der Waals surface area contributed by atoms with E-state index in [1.165, 1.54) is 32.1 Å². The lowest BCUT2D eigenvalue weighted by Gasteiger charge is -2.26. The van der Waals surface area contributed by atoms with E-state index in [9.17, 15) is 0 Å². The van der Waals surface area contributed by atoms with Gasteiger partial charge in [0.05, 0.1) is 0 Å². The number of nitrogens with zero attached hydrogens (tertiary/aromatic N) is 1. The van der Waals surface area contributed by atoms with Gasteiger partial charge in [-0.1, -0.05) is 31.8 Å². The predicted molar refractivity (Wildman–Crippen MR) is 67.8 cm³/mol. The molecule has 0 aromatic carbocycles. The molecule has 1 rings (SSSR count). The predicted octanol–water partition coefficient (Wildman–Crippen LogP) is 3.98. The Kier molecular flexibility index (Phi) is 4.93. The van der Waals surface area contributed by atoms with E-state index < -0.39 is 0 Å². The van der Waals surface area contributed by atoms with Crippen LogP contribution in [0.2, 0.25) is 0 Å². The van der Waals surface area contributed by atoms with Crippen LogP contribution in [0.1, 0.15) is 46.0 Å². The summed E-state index contributed by atoms with van der Waals surface area (Å²) in [6, 6.07) is 0. The molecular formula is C14H25N. The lowest BCUT2D eigenvalue weighted by Crippen LogP contribution is -2.12. The average molecular weight is 207 g/mol. The van der Waals surface area contributed by atoms with E-state index in [0.717, 1.165) is 5.92 Å². The van der Waals surface area contributed by atoms with Crippen molar-refractivity contribution in [2.75, 3.05) is 14.1 Å². The fourth-order valence-electron chi connectivity index (χ4n) is 1.86. The number of hydrogen-bond acceptors (Lipinski definition) is 1. The van der Waals surface area contributed by atoms with Gasteiger partial charge in [-0.2, -0.15) is 0 Å². The highest BCUT2D eigenvalue weighted by Crippen LogP contribution is 2.33. The quantitative estimate of drug-likeness (QED) is 0.616. The Hall–Kier alpha value is -0.720. The Balaban J connectivity index is 2.60. The molecule has 86 valence electrons. The second-order valence-electron chi connectivity index (χ2n) is 4.94. The average Bonchev–Trinajstić information content (AvgIpc) is 2.13. The first-order chi connectivity index (χ1) is 7.13. The first-order valence-electron chi connectivity index (χ1n) is 6.16. The van der Waals surface area contributed by atoms with E-state index in [1.807, 2.05) is 0 Å². The van der Waals surface area contributed by atoms with Crippen LogP contribution in [0, 0.1) is 5.92 Å². The Morgan fingerprint density at radius 1 is 1.33 bits per heavy atom. The van der Waals surface area contributed by atoms with E-state index >= 15 is 0 Å². The summed E-state index contributed by atoms with van der Waals surface area (Å²) in [5.41, 5.74) is 3.12. The molecule has 1 fully saturated rings. The Morgan fingerprint density at radius 3 is 2.40 bits per heavy atom. The third kappa shape index (κ3) is 4.11. The topological polar surface area (TPSA) is 3.24 Å². The van der Waals surface area contributed by atoms with Gasteiger partial charge in [-0.05, 0) is 43.5 Å². The minimum Gasteiger partial charge on any atom is -0.383 e. The van der Waals surface area contributed by atoms with Crippen molar-refractivity contribution in [3.8, 4) is 0 Å². The van der Waals surface area contributed by atoms with Gasteiger partial charge in [0, 0.05) is 14.1 Å². The fraction of sp³-hybridized carbons (Fsp3) is 0.714. The number of rotatable bonds is 5. The molecule has 0 bridgehead atoms. The normalized spacial score (nSPS) is 18.9. The lowest BCUT2D eigenvalue weighted by molar-refractivity contribution is 0.314. The molecule has 0 radical (unpaired) electrons. The minimum atomic E-state index is 0.966. The maximum Gasteiger partial charge on any atom is 0.00556 e. The lowest BCUT2D eigenvalue weighted by atomic mass is 9.80. The number of allylic oxidation sites excluding steroid dienone is 3. The SMILES string of the molecule is CC/C(C)=C(\C=C/N(C)C)CC1CCC1. The molecule has 0 unspecified atom stereocenters. The van der Waals surface area contributed by atoms with Gasteiger partial charge in [0.15, 0.2) is 0 Å². The molecule has 1 saturated carbocycles. The molecule has 0 heterocycles. The smallest absolute Gasteiger partial charge is 0.00556 e. The summed E-state index contributed by atoms with van der Waals surface area (Å²) in [4.78, 5) is 2.11. The zero-order valence-corrected chi connectivity index (χ0v) is 10.7. The Bertz CT molecular complexity index is 244. The molecule has 0 N–H and O–H groups in total. The Morgan fingerprint density at radius 2 is 2.00 bits per heavy atom. The van der Waals surface area contributed by atoms with E-state index in [-0.39, 0.29) is 0 Å². The monoisotopic (exact) mass is 207 g/mol. The zero-order valence-electron chi connectivity index (χ0n) is 10.7. The second-order valence-corrected chi connectivity index (χ2v) is 4.94. The highest BCUT2D eigenvalue weighted by Gasteiger charge is 2.18.